The number of morpholine rings is 1. The van der Waals surface area contributed by atoms with Gasteiger partial charge in [-0.05, 0) is 20.8 Å². The van der Waals surface area contributed by atoms with E-state index < -0.39 is 35.9 Å². The predicted octanol–water partition coefficient (Wildman–Crippen LogP) is -0.998. The average molecular weight is 290 g/mol. The molecule has 0 aromatic rings. The molecule has 0 aliphatic carbocycles. The Morgan fingerprint density at radius 1 is 1.50 bits per heavy atom. The molecule has 8 heteroatoms. The number of aliphatic hydroxyl groups is 2. The molecular weight excluding hydrogens is 268 g/mol. The van der Waals surface area contributed by atoms with Crippen molar-refractivity contribution in [3.63, 3.8) is 0 Å². The Morgan fingerprint density at radius 2 is 2.10 bits per heavy atom. The maximum atomic E-state index is 12.1. The molecule has 1 rings (SSSR count). The van der Waals surface area contributed by atoms with E-state index in [2.05, 4.69) is 5.32 Å². The Kier molecular flexibility index (Phi) is 5.32. The third-order valence-electron chi connectivity index (χ3n) is 3.00. The molecule has 3 atom stereocenters. The lowest BCUT2D eigenvalue weighted by atomic mass is 10.1. The highest BCUT2D eigenvalue weighted by Crippen LogP contribution is 2.20. The number of amides is 2. The standard InChI is InChI=1S/C12H22N2O6/c1-7(16)9(10(17)18)13-11(19)14-4-8(5-15)20-12(2,3)6-14/h7-9,15-16H,4-6H2,1-3H3,(H,13,19)(H,17,18). The van der Waals surface area contributed by atoms with Gasteiger partial charge in [0, 0.05) is 0 Å². The van der Waals surface area contributed by atoms with Crippen LogP contribution in [0.2, 0.25) is 0 Å². The zero-order valence-corrected chi connectivity index (χ0v) is 11.9. The highest BCUT2D eigenvalue weighted by molar-refractivity contribution is 5.83. The van der Waals surface area contributed by atoms with Crippen molar-refractivity contribution >= 4 is 12.0 Å². The molecule has 8 nitrogen and oxygen atoms in total. The van der Waals surface area contributed by atoms with Crippen LogP contribution in [-0.2, 0) is 9.53 Å². The Labute approximate surface area is 117 Å². The highest BCUT2D eigenvalue weighted by atomic mass is 16.5. The molecule has 20 heavy (non-hydrogen) atoms. The van der Waals surface area contributed by atoms with Crippen LogP contribution in [0.1, 0.15) is 20.8 Å². The van der Waals surface area contributed by atoms with Gasteiger partial charge in [-0.1, -0.05) is 0 Å². The van der Waals surface area contributed by atoms with Crippen LogP contribution in [0.25, 0.3) is 0 Å². The molecule has 4 N–H and O–H groups in total. The maximum Gasteiger partial charge on any atom is 0.328 e. The zero-order chi connectivity index (χ0) is 15.5. The van der Waals surface area contributed by atoms with Gasteiger partial charge in [0.1, 0.15) is 0 Å². The summed E-state index contributed by atoms with van der Waals surface area (Å²) < 4.78 is 5.57. The van der Waals surface area contributed by atoms with Crippen molar-refractivity contribution in [3.05, 3.63) is 0 Å². The molecule has 1 aliphatic rings. The minimum Gasteiger partial charge on any atom is -0.480 e. The first-order valence-electron chi connectivity index (χ1n) is 6.41. The number of carboxylic acid groups (broad SMARTS) is 1. The van der Waals surface area contributed by atoms with E-state index in [4.69, 9.17) is 14.9 Å². The third-order valence-corrected chi connectivity index (χ3v) is 3.00. The topological polar surface area (TPSA) is 119 Å². The van der Waals surface area contributed by atoms with E-state index in [1.165, 1.54) is 11.8 Å². The molecule has 1 saturated heterocycles. The minimum atomic E-state index is -1.37. The molecule has 116 valence electrons. The van der Waals surface area contributed by atoms with Gasteiger partial charge in [-0.2, -0.15) is 0 Å². The second-order valence-corrected chi connectivity index (χ2v) is 5.57. The number of rotatable bonds is 4. The highest BCUT2D eigenvalue weighted by Gasteiger charge is 2.37. The number of aliphatic hydroxyl groups excluding tert-OH is 2. The molecule has 0 saturated carbocycles. The molecule has 0 aromatic heterocycles. The fourth-order valence-corrected chi connectivity index (χ4v) is 2.16. The van der Waals surface area contributed by atoms with E-state index in [-0.39, 0.29) is 19.7 Å². The summed E-state index contributed by atoms with van der Waals surface area (Å²) in [5.41, 5.74) is -0.632. The van der Waals surface area contributed by atoms with Crippen molar-refractivity contribution in [2.24, 2.45) is 0 Å². The second-order valence-electron chi connectivity index (χ2n) is 5.57. The van der Waals surface area contributed by atoms with Crippen molar-refractivity contribution in [1.82, 2.24) is 10.2 Å². The number of urea groups is 1. The first-order valence-corrected chi connectivity index (χ1v) is 6.41. The Balaban J connectivity index is 2.73. The van der Waals surface area contributed by atoms with E-state index in [0.717, 1.165) is 0 Å². The number of hydrogen-bond acceptors (Lipinski definition) is 5. The third kappa shape index (κ3) is 4.32. The van der Waals surface area contributed by atoms with E-state index in [1.807, 2.05) is 0 Å². The molecule has 1 aliphatic heterocycles. The van der Waals surface area contributed by atoms with Gasteiger partial charge < -0.3 is 30.3 Å². The molecular formula is C12H22N2O6. The van der Waals surface area contributed by atoms with Crippen molar-refractivity contribution in [1.29, 1.82) is 0 Å². The summed E-state index contributed by atoms with van der Waals surface area (Å²) in [6.45, 7) is 5.04. The first-order chi connectivity index (χ1) is 9.16. The van der Waals surface area contributed by atoms with Crippen molar-refractivity contribution in [2.45, 2.75) is 44.6 Å². The molecule has 0 radical (unpaired) electrons. The van der Waals surface area contributed by atoms with Crippen LogP contribution in [0.4, 0.5) is 4.79 Å². The number of carboxylic acids is 1. The van der Waals surface area contributed by atoms with Gasteiger partial charge in [-0.3, -0.25) is 0 Å². The molecule has 0 aromatic carbocycles. The molecule has 1 fully saturated rings. The second kappa shape index (κ2) is 6.38. The van der Waals surface area contributed by atoms with Crippen molar-refractivity contribution in [3.8, 4) is 0 Å². The summed E-state index contributed by atoms with van der Waals surface area (Å²) in [6.07, 6.45) is -1.72. The Morgan fingerprint density at radius 3 is 2.55 bits per heavy atom. The van der Waals surface area contributed by atoms with E-state index in [9.17, 15) is 14.7 Å². The fraction of sp³-hybridized carbons (Fsp3) is 0.833. The normalized spacial score (nSPS) is 24.9. The summed E-state index contributed by atoms with van der Waals surface area (Å²) in [5.74, 6) is -1.31. The quantitative estimate of drug-likeness (QED) is 0.527. The molecule has 1 heterocycles. The smallest absolute Gasteiger partial charge is 0.328 e. The number of nitrogens with zero attached hydrogens (tertiary/aromatic N) is 1. The van der Waals surface area contributed by atoms with Crippen LogP contribution >= 0.6 is 0 Å². The number of ether oxygens (including phenoxy) is 1. The van der Waals surface area contributed by atoms with Crippen LogP contribution in [0, 0.1) is 0 Å². The number of carbonyl (C=O) groups excluding carboxylic acids is 1. The maximum absolute atomic E-state index is 12.1. The molecule has 2 amide bonds. The summed E-state index contributed by atoms with van der Waals surface area (Å²) in [5, 5.41) is 29.7. The van der Waals surface area contributed by atoms with Crippen LogP contribution < -0.4 is 5.32 Å². The molecule has 3 unspecified atom stereocenters. The lowest BCUT2D eigenvalue weighted by molar-refractivity contribution is -0.143. The van der Waals surface area contributed by atoms with Gasteiger partial charge in [0.2, 0.25) is 0 Å². The van der Waals surface area contributed by atoms with Crippen LogP contribution in [0.3, 0.4) is 0 Å². The van der Waals surface area contributed by atoms with Crippen molar-refractivity contribution < 1.29 is 29.6 Å². The first kappa shape index (κ1) is 16.7. The minimum absolute atomic E-state index is 0.165. The van der Waals surface area contributed by atoms with Gasteiger partial charge in [0.25, 0.3) is 0 Å². The summed E-state index contributed by atoms with van der Waals surface area (Å²) in [6, 6.07) is -1.98. The SMILES string of the molecule is CC(O)C(NC(=O)N1CC(CO)OC(C)(C)C1)C(=O)O. The van der Waals surface area contributed by atoms with E-state index in [1.54, 1.807) is 13.8 Å². The van der Waals surface area contributed by atoms with E-state index >= 15 is 0 Å². The number of carbonyl (C=O) groups is 2. The summed E-state index contributed by atoms with van der Waals surface area (Å²) >= 11 is 0. The predicted molar refractivity (Wildman–Crippen MR) is 69.2 cm³/mol. The average Bonchev–Trinajstić information content (AvgIpc) is 2.32. The van der Waals surface area contributed by atoms with E-state index in [0.29, 0.717) is 0 Å². The van der Waals surface area contributed by atoms with Gasteiger partial charge in [-0.15, -0.1) is 0 Å². The lowest BCUT2D eigenvalue weighted by Gasteiger charge is -2.42. The number of hydrogen-bond donors (Lipinski definition) is 4. The summed E-state index contributed by atoms with van der Waals surface area (Å²) in [7, 11) is 0. The molecule has 0 spiro atoms. The Hall–Kier alpha value is -1.38. The van der Waals surface area contributed by atoms with Crippen LogP contribution in [-0.4, -0.2) is 75.8 Å². The zero-order valence-electron chi connectivity index (χ0n) is 11.9. The van der Waals surface area contributed by atoms with Gasteiger partial charge >= 0.3 is 12.0 Å². The van der Waals surface area contributed by atoms with Gasteiger partial charge in [-0.25, -0.2) is 9.59 Å². The van der Waals surface area contributed by atoms with Gasteiger partial charge in [0.05, 0.1) is 37.5 Å². The largest absolute Gasteiger partial charge is 0.480 e. The van der Waals surface area contributed by atoms with Gasteiger partial charge in [0.15, 0.2) is 6.04 Å². The lowest BCUT2D eigenvalue weighted by Crippen LogP contribution is -2.60. The van der Waals surface area contributed by atoms with Crippen LogP contribution in [0.5, 0.6) is 0 Å². The fourth-order valence-electron chi connectivity index (χ4n) is 2.16. The molecule has 0 bridgehead atoms. The van der Waals surface area contributed by atoms with Crippen molar-refractivity contribution in [2.75, 3.05) is 19.7 Å². The number of aliphatic carboxylic acids is 1. The summed E-state index contributed by atoms with van der Waals surface area (Å²) in [4.78, 5) is 24.4. The Bertz CT molecular complexity index is 371. The van der Waals surface area contributed by atoms with Crippen LogP contribution in [0.15, 0.2) is 0 Å². The number of nitrogens with one attached hydrogen (secondary N) is 1. The monoisotopic (exact) mass is 290 g/mol.